The van der Waals surface area contributed by atoms with Crippen LogP contribution in [0.2, 0.25) is 0 Å². The van der Waals surface area contributed by atoms with Gasteiger partial charge < -0.3 is 10.8 Å². The highest BCUT2D eigenvalue weighted by Gasteiger charge is 2.22. The highest BCUT2D eigenvalue weighted by molar-refractivity contribution is 7.92. The fourth-order valence-corrected chi connectivity index (χ4v) is 2.62. The zero-order chi connectivity index (χ0) is 13.8. The minimum Gasteiger partial charge on any atom is -0.481 e. The number of hydrogen-bond donors (Lipinski definition) is 2. The Morgan fingerprint density at radius 3 is 2.50 bits per heavy atom. The molecule has 0 bridgehead atoms. The standard InChI is InChI=1S/C11H16N2O4S/c1-2-18(16,17)13(8-7-11(14)15)10-6-4-3-5-9(10)12/h3-6H,2,7-8,12H2,1H3,(H,14,15). The fourth-order valence-electron chi connectivity index (χ4n) is 1.48. The number of sulfonamides is 1. The van der Waals surface area contributed by atoms with E-state index < -0.39 is 16.0 Å². The van der Waals surface area contributed by atoms with E-state index in [0.717, 1.165) is 4.31 Å². The Hall–Kier alpha value is -1.76. The maximum Gasteiger partial charge on any atom is 0.305 e. The summed E-state index contributed by atoms with van der Waals surface area (Å²) >= 11 is 0. The molecule has 0 saturated carbocycles. The SMILES string of the molecule is CCS(=O)(=O)N(CCC(=O)O)c1ccccc1N. The summed E-state index contributed by atoms with van der Waals surface area (Å²) in [5, 5.41) is 8.66. The molecule has 0 amide bonds. The second-order valence-corrected chi connectivity index (χ2v) is 5.86. The van der Waals surface area contributed by atoms with Crippen molar-refractivity contribution in [2.75, 3.05) is 22.3 Å². The molecule has 0 atom stereocenters. The summed E-state index contributed by atoms with van der Waals surface area (Å²) in [7, 11) is -3.54. The number of carbonyl (C=O) groups is 1. The number of anilines is 2. The number of carboxylic acids is 1. The zero-order valence-electron chi connectivity index (χ0n) is 10.0. The van der Waals surface area contributed by atoms with E-state index >= 15 is 0 Å². The molecule has 0 aliphatic rings. The average Bonchev–Trinajstić information content (AvgIpc) is 2.31. The summed E-state index contributed by atoms with van der Waals surface area (Å²) in [6.45, 7) is 1.38. The third-order valence-electron chi connectivity index (χ3n) is 2.43. The number of rotatable bonds is 6. The van der Waals surface area contributed by atoms with Gasteiger partial charge in [-0.05, 0) is 19.1 Å². The number of nitrogens with two attached hydrogens (primary N) is 1. The van der Waals surface area contributed by atoms with Crippen molar-refractivity contribution in [2.24, 2.45) is 0 Å². The first-order valence-corrected chi connectivity index (χ1v) is 7.06. The van der Waals surface area contributed by atoms with Crippen LogP contribution in [0.1, 0.15) is 13.3 Å². The maximum atomic E-state index is 11.9. The van der Waals surface area contributed by atoms with Gasteiger partial charge in [0.2, 0.25) is 10.0 Å². The lowest BCUT2D eigenvalue weighted by Crippen LogP contribution is -2.34. The minimum atomic E-state index is -3.54. The van der Waals surface area contributed by atoms with Crippen LogP contribution in [-0.4, -0.2) is 31.8 Å². The van der Waals surface area contributed by atoms with E-state index in [1.165, 1.54) is 6.92 Å². The topological polar surface area (TPSA) is 101 Å². The van der Waals surface area contributed by atoms with Gasteiger partial charge in [0.1, 0.15) is 0 Å². The van der Waals surface area contributed by atoms with E-state index in [2.05, 4.69) is 0 Å². The van der Waals surface area contributed by atoms with Crippen LogP contribution in [-0.2, 0) is 14.8 Å². The van der Waals surface area contributed by atoms with Gasteiger partial charge in [0.25, 0.3) is 0 Å². The van der Waals surface area contributed by atoms with Gasteiger partial charge in [-0.2, -0.15) is 0 Å². The van der Waals surface area contributed by atoms with Crippen LogP contribution < -0.4 is 10.0 Å². The first-order valence-electron chi connectivity index (χ1n) is 5.45. The Bertz CT molecular complexity index is 528. The van der Waals surface area contributed by atoms with Crippen LogP contribution >= 0.6 is 0 Å². The molecule has 0 heterocycles. The first-order chi connectivity index (χ1) is 8.38. The molecular formula is C11H16N2O4S. The number of nitrogens with zero attached hydrogens (tertiary/aromatic N) is 1. The molecule has 1 rings (SSSR count). The molecule has 0 radical (unpaired) electrons. The van der Waals surface area contributed by atoms with Gasteiger partial charge in [-0.1, -0.05) is 12.1 Å². The molecule has 0 spiro atoms. The molecule has 0 fully saturated rings. The maximum absolute atomic E-state index is 11.9. The lowest BCUT2D eigenvalue weighted by atomic mass is 10.2. The average molecular weight is 272 g/mol. The zero-order valence-corrected chi connectivity index (χ0v) is 10.9. The summed E-state index contributed by atoms with van der Waals surface area (Å²) in [6, 6.07) is 6.48. The highest BCUT2D eigenvalue weighted by atomic mass is 32.2. The van der Waals surface area contributed by atoms with Crippen LogP contribution in [0.4, 0.5) is 11.4 Å². The first kappa shape index (κ1) is 14.3. The smallest absolute Gasteiger partial charge is 0.305 e. The van der Waals surface area contributed by atoms with E-state index in [1.807, 2.05) is 0 Å². The predicted octanol–water partition coefficient (Wildman–Crippen LogP) is 0.900. The quantitative estimate of drug-likeness (QED) is 0.749. The van der Waals surface area contributed by atoms with Crippen LogP contribution in [0.25, 0.3) is 0 Å². The second kappa shape index (κ2) is 5.72. The lowest BCUT2D eigenvalue weighted by Gasteiger charge is -2.24. The third-order valence-corrected chi connectivity index (χ3v) is 4.22. The highest BCUT2D eigenvalue weighted by Crippen LogP contribution is 2.25. The summed E-state index contributed by atoms with van der Waals surface area (Å²) < 4.78 is 24.9. The number of nitrogen functional groups attached to an aromatic ring is 1. The lowest BCUT2D eigenvalue weighted by molar-refractivity contribution is -0.136. The van der Waals surface area contributed by atoms with E-state index in [4.69, 9.17) is 10.8 Å². The molecule has 1 aromatic rings. The molecular weight excluding hydrogens is 256 g/mol. The van der Waals surface area contributed by atoms with Crippen molar-refractivity contribution in [3.05, 3.63) is 24.3 Å². The summed E-state index contributed by atoms with van der Waals surface area (Å²) in [5.41, 5.74) is 6.35. The fraction of sp³-hybridized carbons (Fsp3) is 0.364. The Morgan fingerprint density at radius 2 is 2.00 bits per heavy atom. The Balaban J connectivity index is 3.13. The third kappa shape index (κ3) is 3.36. The van der Waals surface area contributed by atoms with Gasteiger partial charge in [0.05, 0.1) is 23.5 Å². The molecule has 6 nitrogen and oxygen atoms in total. The van der Waals surface area contributed by atoms with Gasteiger partial charge in [-0.15, -0.1) is 0 Å². The molecule has 0 unspecified atom stereocenters. The van der Waals surface area contributed by atoms with Gasteiger partial charge in [0.15, 0.2) is 0 Å². The van der Waals surface area contributed by atoms with E-state index in [1.54, 1.807) is 24.3 Å². The number of benzene rings is 1. The molecule has 18 heavy (non-hydrogen) atoms. The minimum absolute atomic E-state index is 0.110. The van der Waals surface area contributed by atoms with E-state index in [-0.39, 0.29) is 18.7 Å². The van der Waals surface area contributed by atoms with Crippen molar-refractivity contribution in [2.45, 2.75) is 13.3 Å². The number of para-hydroxylation sites is 2. The molecule has 1 aromatic carbocycles. The number of carboxylic acid groups (broad SMARTS) is 1. The van der Waals surface area contributed by atoms with E-state index in [9.17, 15) is 13.2 Å². The molecule has 3 N–H and O–H groups in total. The van der Waals surface area contributed by atoms with Crippen LogP contribution in [0, 0.1) is 0 Å². The van der Waals surface area contributed by atoms with Crippen molar-refractivity contribution in [3.8, 4) is 0 Å². The van der Waals surface area contributed by atoms with Gasteiger partial charge in [-0.3, -0.25) is 9.10 Å². The Morgan fingerprint density at radius 1 is 1.39 bits per heavy atom. The molecule has 0 saturated heterocycles. The van der Waals surface area contributed by atoms with Gasteiger partial charge >= 0.3 is 5.97 Å². The number of hydrogen-bond acceptors (Lipinski definition) is 4. The molecule has 7 heteroatoms. The molecule has 0 aliphatic heterocycles. The van der Waals surface area contributed by atoms with Crippen LogP contribution in [0.15, 0.2) is 24.3 Å². The van der Waals surface area contributed by atoms with Crippen molar-refractivity contribution in [3.63, 3.8) is 0 Å². The van der Waals surface area contributed by atoms with Crippen molar-refractivity contribution in [1.29, 1.82) is 0 Å². The second-order valence-electron chi connectivity index (χ2n) is 3.68. The normalized spacial score (nSPS) is 11.2. The largest absolute Gasteiger partial charge is 0.481 e. The number of aliphatic carboxylic acids is 1. The molecule has 0 aliphatic carbocycles. The molecule has 100 valence electrons. The van der Waals surface area contributed by atoms with Crippen molar-refractivity contribution < 1.29 is 18.3 Å². The monoisotopic (exact) mass is 272 g/mol. The predicted molar refractivity (Wildman–Crippen MR) is 69.9 cm³/mol. The van der Waals surface area contributed by atoms with Crippen molar-refractivity contribution in [1.82, 2.24) is 0 Å². The van der Waals surface area contributed by atoms with E-state index in [0.29, 0.717) is 11.4 Å². The summed E-state index contributed by atoms with van der Waals surface area (Å²) in [4.78, 5) is 10.6. The van der Waals surface area contributed by atoms with Crippen LogP contribution in [0.3, 0.4) is 0 Å². The van der Waals surface area contributed by atoms with Gasteiger partial charge in [-0.25, -0.2) is 8.42 Å². The summed E-state index contributed by atoms with van der Waals surface area (Å²) in [5.74, 6) is -1.16. The summed E-state index contributed by atoms with van der Waals surface area (Å²) in [6.07, 6.45) is -0.270. The Labute approximate surface area is 106 Å². The van der Waals surface area contributed by atoms with Crippen molar-refractivity contribution >= 4 is 27.4 Å². The van der Waals surface area contributed by atoms with Crippen LogP contribution in [0.5, 0.6) is 0 Å². The Kier molecular flexibility index (Phi) is 4.55. The molecule has 0 aromatic heterocycles. The van der Waals surface area contributed by atoms with Gasteiger partial charge in [0, 0.05) is 6.54 Å².